The Kier molecular flexibility index (Phi) is 0.826. The first-order chi connectivity index (χ1) is 4.27. The van der Waals surface area contributed by atoms with Gasteiger partial charge in [0.25, 0.3) is 0 Å². The largest absolute Gasteiger partial charge is 0.305 e. The lowest BCUT2D eigenvalue weighted by molar-refractivity contribution is -0.110. The highest BCUT2D eigenvalue weighted by Gasteiger charge is 2.60. The van der Waals surface area contributed by atoms with Gasteiger partial charge in [-0.3, -0.25) is 0 Å². The molecule has 0 aromatic carbocycles. The summed E-state index contributed by atoms with van der Waals surface area (Å²) >= 11 is 0. The fourth-order valence-electron chi connectivity index (χ4n) is 1.96. The Morgan fingerprint density at radius 1 is 1.67 bits per heavy atom. The maximum absolute atomic E-state index is 10.3. The zero-order valence-electron chi connectivity index (χ0n) is 5.63. The van der Waals surface area contributed by atoms with Gasteiger partial charge < -0.3 is 9.69 Å². The first-order valence-corrected chi connectivity index (χ1v) is 3.41. The molecule has 9 heavy (non-hydrogen) atoms. The molecule has 1 aliphatic heterocycles. The molecule has 2 fully saturated rings. The molecule has 2 rings (SSSR count). The molecular weight excluding hydrogens is 114 g/mol. The number of aldehydes is 1. The second-order valence-corrected chi connectivity index (χ2v) is 3.48. The van der Waals surface area contributed by atoms with Crippen LogP contribution >= 0.6 is 0 Å². The van der Waals surface area contributed by atoms with E-state index in [9.17, 15) is 4.79 Å². The molecule has 0 aromatic rings. The van der Waals surface area contributed by atoms with Crippen molar-refractivity contribution in [3.05, 3.63) is 0 Å². The van der Waals surface area contributed by atoms with E-state index in [1.54, 1.807) is 0 Å². The minimum absolute atomic E-state index is 0.411. The van der Waals surface area contributed by atoms with E-state index >= 15 is 0 Å². The lowest BCUT2D eigenvalue weighted by Crippen LogP contribution is -2.46. The van der Waals surface area contributed by atoms with E-state index in [1.807, 2.05) is 0 Å². The topological polar surface area (TPSA) is 20.3 Å². The van der Waals surface area contributed by atoms with Gasteiger partial charge in [-0.1, -0.05) is 0 Å². The first kappa shape index (κ1) is 5.42. The van der Waals surface area contributed by atoms with Crippen molar-refractivity contribution >= 4 is 6.29 Å². The third-order valence-corrected chi connectivity index (χ3v) is 2.59. The van der Waals surface area contributed by atoms with E-state index in [2.05, 4.69) is 11.9 Å². The molecule has 50 valence electrons. The van der Waals surface area contributed by atoms with Crippen molar-refractivity contribution in [1.82, 2.24) is 4.90 Å². The molecule has 0 aromatic heterocycles. The molecule has 1 aliphatic carbocycles. The Hall–Kier alpha value is -0.370. The maximum Gasteiger partial charge on any atom is 0.123 e. The molecule has 2 nitrogen and oxygen atoms in total. The third-order valence-electron chi connectivity index (χ3n) is 2.59. The number of rotatable bonds is 1. The Morgan fingerprint density at radius 2 is 2.33 bits per heavy atom. The number of hydrogen-bond donors (Lipinski definition) is 0. The highest BCUT2D eigenvalue weighted by Crippen LogP contribution is 2.56. The summed E-state index contributed by atoms with van der Waals surface area (Å²) in [6.45, 7) is 2.30. The minimum Gasteiger partial charge on any atom is -0.305 e. The van der Waals surface area contributed by atoms with Crippen LogP contribution in [0.4, 0.5) is 0 Å². The summed E-state index contributed by atoms with van der Waals surface area (Å²) < 4.78 is 0. The lowest BCUT2D eigenvalue weighted by atomic mass is 9.95. The minimum atomic E-state index is 0.411. The zero-order valence-corrected chi connectivity index (χ0v) is 5.63. The van der Waals surface area contributed by atoms with Crippen LogP contribution in [-0.4, -0.2) is 31.3 Å². The van der Waals surface area contributed by atoms with Crippen molar-refractivity contribution in [2.45, 2.75) is 6.42 Å². The monoisotopic (exact) mass is 125 g/mol. The predicted octanol–water partition coefficient (Wildman–Crippen LogP) is 0.137. The quantitative estimate of drug-likeness (QED) is 0.464. The summed E-state index contributed by atoms with van der Waals surface area (Å²) in [6, 6.07) is 0. The number of nitrogens with zero attached hydrogens (tertiary/aromatic N) is 1. The van der Waals surface area contributed by atoms with Gasteiger partial charge in [0.1, 0.15) is 6.29 Å². The van der Waals surface area contributed by atoms with Crippen molar-refractivity contribution in [3.63, 3.8) is 0 Å². The Bertz CT molecular complexity index is 149. The lowest BCUT2D eigenvalue weighted by Gasteiger charge is -2.37. The average Bonchev–Trinajstić information content (AvgIpc) is 2.41. The molecule has 1 atom stereocenters. The van der Waals surface area contributed by atoms with Crippen molar-refractivity contribution in [1.29, 1.82) is 0 Å². The SMILES string of the molecule is CN1CC2(CC2C=O)C1. The summed E-state index contributed by atoms with van der Waals surface area (Å²) in [7, 11) is 2.10. The van der Waals surface area contributed by atoms with Gasteiger partial charge in [-0.25, -0.2) is 0 Å². The average molecular weight is 125 g/mol. The van der Waals surface area contributed by atoms with Crippen LogP contribution in [0.1, 0.15) is 6.42 Å². The number of carbonyl (C=O) groups is 1. The predicted molar refractivity (Wildman–Crippen MR) is 34.1 cm³/mol. The molecule has 0 amide bonds. The third kappa shape index (κ3) is 0.568. The van der Waals surface area contributed by atoms with Gasteiger partial charge in [-0.2, -0.15) is 0 Å². The molecule has 2 heteroatoms. The van der Waals surface area contributed by atoms with Crippen molar-refractivity contribution < 1.29 is 4.79 Å². The number of hydrogen-bond acceptors (Lipinski definition) is 2. The van der Waals surface area contributed by atoms with Crippen LogP contribution in [0.3, 0.4) is 0 Å². The molecule has 1 spiro atoms. The van der Waals surface area contributed by atoms with Gasteiger partial charge in [0.05, 0.1) is 0 Å². The Morgan fingerprint density at radius 3 is 2.67 bits per heavy atom. The molecule has 1 saturated carbocycles. The highest BCUT2D eigenvalue weighted by atomic mass is 16.1. The van der Waals surface area contributed by atoms with Gasteiger partial charge >= 0.3 is 0 Å². The molecule has 0 radical (unpaired) electrons. The first-order valence-electron chi connectivity index (χ1n) is 3.41. The van der Waals surface area contributed by atoms with Gasteiger partial charge in [0, 0.05) is 24.4 Å². The number of carbonyl (C=O) groups excluding carboxylic acids is 1. The van der Waals surface area contributed by atoms with Crippen molar-refractivity contribution in [2.24, 2.45) is 11.3 Å². The molecule has 0 N–H and O–H groups in total. The van der Waals surface area contributed by atoms with Crippen LogP contribution in [0.25, 0.3) is 0 Å². The van der Waals surface area contributed by atoms with Gasteiger partial charge in [0.2, 0.25) is 0 Å². The molecular formula is C7H11NO. The van der Waals surface area contributed by atoms with Gasteiger partial charge in [-0.15, -0.1) is 0 Å². The fourth-order valence-corrected chi connectivity index (χ4v) is 1.96. The molecule has 1 saturated heterocycles. The van der Waals surface area contributed by atoms with E-state index < -0.39 is 0 Å². The summed E-state index contributed by atoms with van der Waals surface area (Å²) in [5.41, 5.74) is 0.469. The van der Waals surface area contributed by atoms with E-state index in [4.69, 9.17) is 0 Å². The summed E-state index contributed by atoms with van der Waals surface area (Å²) in [5, 5.41) is 0. The summed E-state index contributed by atoms with van der Waals surface area (Å²) in [5.74, 6) is 0.411. The smallest absolute Gasteiger partial charge is 0.123 e. The number of likely N-dealkylation sites (tertiary alicyclic amines) is 1. The van der Waals surface area contributed by atoms with Gasteiger partial charge in [-0.05, 0) is 13.5 Å². The summed E-state index contributed by atoms with van der Waals surface area (Å²) in [4.78, 5) is 12.5. The second kappa shape index (κ2) is 1.37. The van der Waals surface area contributed by atoms with E-state index in [0.29, 0.717) is 11.3 Å². The van der Waals surface area contributed by atoms with Crippen LogP contribution in [0.5, 0.6) is 0 Å². The normalized spacial score (nSPS) is 38.1. The second-order valence-electron chi connectivity index (χ2n) is 3.48. The standard InChI is InChI=1S/C7H11NO/c1-8-4-7(5-8)2-6(7)3-9/h3,6H,2,4-5H2,1H3. The maximum atomic E-state index is 10.3. The van der Waals surface area contributed by atoms with E-state index in [1.165, 1.54) is 0 Å². The van der Waals surface area contributed by atoms with Crippen molar-refractivity contribution in [3.8, 4) is 0 Å². The van der Waals surface area contributed by atoms with E-state index in [-0.39, 0.29) is 0 Å². The zero-order chi connectivity index (χ0) is 6.48. The Labute approximate surface area is 54.8 Å². The van der Waals surface area contributed by atoms with Crippen LogP contribution in [0.2, 0.25) is 0 Å². The van der Waals surface area contributed by atoms with Crippen LogP contribution in [0, 0.1) is 11.3 Å². The van der Waals surface area contributed by atoms with Crippen molar-refractivity contribution in [2.75, 3.05) is 20.1 Å². The molecule has 2 aliphatic rings. The molecule has 0 bridgehead atoms. The van der Waals surface area contributed by atoms with Crippen LogP contribution in [0.15, 0.2) is 0 Å². The molecule has 1 heterocycles. The fraction of sp³-hybridized carbons (Fsp3) is 0.857. The van der Waals surface area contributed by atoms with E-state index in [0.717, 1.165) is 25.8 Å². The highest BCUT2D eigenvalue weighted by molar-refractivity contribution is 5.61. The van der Waals surface area contributed by atoms with Crippen LogP contribution in [-0.2, 0) is 4.79 Å². The van der Waals surface area contributed by atoms with Crippen LogP contribution < -0.4 is 0 Å². The van der Waals surface area contributed by atoms with Gasteiger partial charge in [0.15, 0.2) is 0 Å². The Balaban J connectivity index is 1.95. The summed E-state index contributed by atoms with van der Waals surface area (Å²) in [6.07, 6.45) is 2.27. The molecule has 1 unspecified atom stereocenters.